The summed E-state index contributed by atoms with van der Waals surface area (Å²) in [4.78, 5) is 7.20. The second kappa shape index (κ2) is 9.54. The fourth-order valence-electron chi connectivity index (χ4n) is 2.46. The number of aromatic amines is 1. The monoisotopic (exact) mass is 384 g/mol. The first-order valence-electron chi connectivity index (χ1n) is 8.34. The maximum atomic E-state index is 13.2. The number of guanidine groups is 1. The summed E-state index contributed by atoms with van der Waals surface area (Å²) in [6, 6.07) is 4.71. The highest BCUT2D eigenvalue weighted by molar-refractivity contribution is 7.90. The molecule has 1 aromatic carbocycles. The van der Waals surface area contributed by atoms with Crippen LogP contribution in [0.4, 0.5) is 4.39 Å². The molecule has 1 heterocycles. The van der Waals surface area contributed by atoms with Crippen molar-refractivity contribution in [3.63, 3.8) is 0 Å². The predicted molar refractivity (Wildman–Crippen MR) is 102 cm³/mol. The first kappa shape index (κ1) is 20.2. The number of H-pyrrole nitrogens is 1. The number of fused-ring (bicyclic) bond motifs is 1. The number of halogens is 1. The van der Waals surface area contributed by atoms with Gasteiger partial charge in [0.25, 0.3) is 0 Å². The smallest absolute Gasteiger partial charge is 0.191 e. The van der Waals surface area contributed by atoms with E-state index < -0.39 is 9.84 Å². The molecule has 0 unspecified atom stereocenters. The number of rotatable bonds is 9. The number of aliphatic imine (C=N–C) groups is 1. The molecule has 7 nitrogen and oxygen atoms in total. The first-order chi connectivity index (χ1) is 12.4. The van der Waals surface area contributed by atoms with Gasteiger partial charge in [-0.05, 0) is 30.2 Å². The van der Waals surface area contributed by atoms with Gasteiger partial charge in [-0.15, -0.1) is 0 Å². The molecule has 0 bridgehead atoms. The highest BCUT2D eigenvalue weighted by atomic mass is 32.2. The van der Waals surface area contributed by atoms with Crippen LogP contribution in [0.1, 0.15) is 5.56 Å². The number of hydrogen-bond acceptors (Lipinski definition) is 4. The fraction of sp³-hybridized carbons (Fsp3) is 0.471. The van der Waals surface area contributed by atoms with E-state index in [1.807, 2.05) is 6.20 Å². The third-order valence-corrected chi connectivity index (χ3v) is 4.69. The molecule has 0 saturated heterocycles. The minimum Gasteiger partial charge on any atom is -0.379 e. The lowest BCUT2D eigenvalue weighted by Gasteiger charge is -2.12. The Balaban J connectivity index is 1.68. The van der Waals surface area contributed by atoms with E-state index in [1.54, 1.807) is 13.1 Å². The molecule has 0 saturated carbocycles. The Kier molecular flexibility index (Phi) is 7.40. The zero-order valence-corrected chi connectivity index (χ0v) is 15.8. The van der Waals surface area contributed by atoms with E-state index in [0.717, 1.165) is 22.9 Å². The molecular formula is C17H25FN4O3S. The number of nitrogens with zero attached hydrogens (tertiary/aromatic N) is 1. The zero-order valence-electron chi connectivity index (χ0n) is 15.0. The van der Waals surface area contributed by atoms with Crippen LogP contribution in [-0.2, 0) is 21.0 Å². The standard InChI is InChI=1S/C17H25FN4O3S/c1-19-17(21-7-8-25-9-10-26(2,23)24)20-6-5-13-12-22-16-11-14(18)3-4-15(13)16/h3-4,11-12,22H,5-10H2,1-2H3,(H2,19,20,21). The van der Waals surface area contributed by atoms with Crippen molar-refractivity contribution in [1.82, 2.24) is 15.6 Å². The lowest BCUT2D eigenvalue weighted by atomic mass is 10.1. The van der Waals surface area contributed by atoms with Crippen LogP contribution < -0.4 is 10.6 Å². The van der Waals surface area contributed by atoms with Gasteiger partial charge in [-0.25, -0.2) is 12.8 Å². The van der Waals surface area contributed by atoms with Gasteiger partial charge in [-0.1, -0.05) is 0 Å². The molecule has 0 spiro atoms. The Hall–Kier alpha value is -2.13. The van der Waals surface area contributed by atoms with Gasteiger partial charge in [0.2, 0.25) is 0 Å². The summed E-state index contributed by atoms with van der Waals surface area (Å²) in [5.41, 5.74) is 1.89. The molecule has 3 N–H and O–H groups in total. The molecule has 0 amide bonds. The SMILES string of the molecule is CN=C(NCCOCCS(C)(=O)=O)NCCc1c[nH]c2cc(F)ccc12. The van der Waals surface area contributed by atoms with Crippen LogP contribution in [0.3, 0.4) is 0 Å². The molecule has 26 heavy (non-hydrogen) atoms. The third-order valence-electron chi connectivity index (χ3n) is 3.78. The van der Waals surface area contributed by atoms with Crippen molar-refractivity contribution < 1.29 is 17.5 Å². The number of hydrogen-bond donors (Lipinski definition) is 3. The Morgan fingerprint density at radius 3 is 2.77 bits per heavy atom. The number of nitrogens with one attached hydrogen (secondary N) is 3. The molecule has 0 radical (unpaired) electrons. The number of sulfone groups is 1. The van der Waals surface area contributed by atoms with Crippen molar-refractivity contribution in [2.45, 2.75) is 6.42 Å². The molecule has 0 aliphatic heterocycles. The van der Waals surface area contributed by atoms with E-state index in [4.69, 9.17) is 4.74 Å². The van der Waals surface area contributed by atoms with E-state index >= 15 is 0 Å². The van der Waals surface area contributed by atoms with Crippen LogP contribution in [0, 0.1) is 5.82 Å². The van der Waals surface area contributed by atoms with E-state index in [0.29, 0.717) is 25.7 Å². The normalized spacial score (nSPS) is 12.5. The Labute approximate surface area is 153 Å². The number of benzene rings is 1. The molecular weight excluding hydrogens is 359 g/mol. The number of aromatic nitrogens is 1. The molecule has 0 fully saturated rings. The van der Waals surface area contributed by atoms with Crippen LogP contribution in [0.2, 0.25) is 0 Å². The molecule has 0 aliphatic rings. The summed E-state index contributed by atoms with van der Waals surface area (Å²) in [6.07, 6.45) is 3.83. The summed E-state index contributed by atoms with van der Waals surface area (Å²) in [5.74, 6) is 0.407. The molecule has 9 heteroatoms. The van der Waals surface area contributed by atoms with E-state index in [-0.39, 0.29) is 18.2 Å². The second-order valence-electron chi connectivity index (χ2n) is 5.92. The summed E-state index contributed by atoms with van der Waals surface area (Å²) in [6.45, 7) is 1.77. The van der Waals surface area contributed by atoms with Crippen molar-refractivity contribution in [2.75, 3.05) is 45.4 Å². The minimum absolute atomic E-state index is 0.0223. The molecule has 0 atom stereocenters. The molecule has 2 aromatic rings. The van der Waals surface area contributed by atoms with Crippen LogP contribution >= 0.6 is 0 Å². The Morgan fingerprint density at radius 2 is 2.04 bits per heavy atom. The van der Waals surface area contributed by atoms with Gasteiger partial charge in [-0.2, -0.15) is 0 Å². The van der Waals surface area contributed by atoms with Gasteiger partial charge in [-0.3, -0.25) is 4.99 Å². The van der Waals surface area contributed by atoms with E-state index in [9.17, 15) is 12.8 Å². The summed E-state index contributed by atoms with van der Waals surface area (Å²) < 4.78 is 40.4. The topological polar surface area (TPSA) is 95.6 Å². The highest BCUT2D eigenvalue weighted by Crippen LogP contribution is 2.19. The lowest BCUT2D eigenvalue weighted by molar-refractivity contribution is 0.154. The highest BCUT2D eigenvalue weighted by Gasteiger charge is 2.05. The summed E-state index contributed by atoms with van der Waals surface area (Å²) in [7, 11) is -1.31. The van der Waals surface area contributed by atoms with Gasteiger partial charge in [0.15, 0.2) is 5.96 Å². The zero-order chi connectivity index (χ0) is 19.0. The van der Waals surface area contributed by atoms with Crippen LogP contribution in [0.15, 0.2) is 29.4 Å². The fourth-order valence-corrected chi connectivity index (χ4v) is 2.88. The third kappa shape index (κ3) is 6.64. The van der Waals surface area contributed by atoms with Crippen molar-refractivity contribution in [3.05, 3.63) is 35.8 Å². The maximum Gasteiger partial charge on any atom is 0.191 e. The van der Waals surface area contributed by atoms with Gasteiger partial charge in [0, 0.05) is 43.5 Å². The van der Waals surface area contributed by atoms with Crippen molar-refractivity contribution >= 4 is 26.7 Å². The van der Waals surface area contributed by atoms with E-state index in [1.165, 1.54) is 18.4 Å². The van der Waals surface area contributed by atoms with Crippen molar-refractivity contribution in [2.24, 2.45) is 4.99 Å². The van der Waals surface area contributed by atoms with Gasteiger partial charge in [0.05, 0.1) is 19.0 Å². The summed E-state index contributed by atoms with van der Waals surface area (Å²) in [5, 5.41) is 7.31. The molecule has 1 aromatic heterocycles. The molecule has 144 valence electrons. The van der Waals surface area contributed by atoms with Gasteiger partial charge >= 0.3 is 0 Å². The van der Waals surface area contributed by atoms with Crippen LogP contribution in [0.25, 0.3) is 10.9 Å². The molecule has 2 rings (SSSR count). The van der Waals surface area contributed by atoms with Crippen molar-refractivity contribution in [3.8, 4) is 0 Å². The van der Waals surface area contributed by atoms with E-state index in [2.05, 4.69) is 20.6 Å². The average molecular weight is 384 g/mol. The lowest BCUT2D eigenvalue weighted by Crippen LogP contribution is -2.39. The predicted octanol–water partition coefficient (Wildman–Crippen LogP) is 1.08. The van der Waals surface area contributed by atoms with Gasteiger partial charge < -0.3 is 20.4 Å². The average Bonchev–Trinajstić information content (AvgIpc) is 2.97. The first-order valence-corrected chi connectivity index (χ1v) is 10.4. The maximum absolute atomic E-state index is 13.2. The largest absolute Gasteiger partial charge is 0.379 e. The van der Waals surface area contributed by atoms with Gasteiger partial charge in [0.1, 0.15) is 15.7 Å². The molecule has 0 aliphatic carbocycles. The Morgan fingerprint density at radius 1 is 1.27 bits per heavy atom. The summed E-state index contributed by atoms with van der Waals surface area (Å²) >= 11 is 0. The number of ether oxygens (including phenoxy) is 1. The van der Waals surface area contributed by atoms with Crippen molar-refractivity contribution in [1.29, 1.82) is 0 Å². The Bertz CT molecular complexity index is 849. The minimum atomic E-state index is -2.99. The van der Waals surface area contributed by atoms with Crippen LogP contribution in [-0.4, -0.2) is 64.7 Å². The second-order valence-corrected chi connectivity index (χ2v) is 8.18. The van der Waals surface area contributed by atoms with Crippen LogP contribution in [0.5, 0.6) is 0 Å². The quantitative estimate of drug-likeness (QED) is 0.342.